The second kappa shape index (κ2) is 6.66. The molecule has 0 saturated carbocycles. The van der Waals surface area contributed by atoms with Crippen LogP contribution in [0.5, 0.6) is 0 Å². The first-order valence-electron chi connectivity index (χ1n) is 6.11. The lowest BCUT2D eigenvalue weighted by atomic mass is 10.2. The highest BCUT2D eigenvalue weighted by Gasteiger charge is 2.06. The summed E-state index contributed by atoms with van der Waals surface area (Å²) in [5.74, 6) is -0.173. The molecule has 0 amide bonds. The summed E-state index contributed by atoms with van der Waals surface area (Å²) < 4.78 is 22.0. The number of rotatable bonds is 5. The minimum absolute atomic E-state index is 0.173. The molecule has 0 aliphatic carbocycles. The fraction of sp³-hybridized carbons (Fsp3) is 0.143. The van der Waals surface area contributed by atoms with Crippen molar-refractivity contribution in [1.82, 2.24) is 0 Å². The topological polar surface area (TPSA) is 72.2 Å². The number of hydrogen-bond donors (Lipinski definition) is 2. The predicted octanol–water partition coefficient (Wildman–Crippen LogP) is 3.39. The number of nitrogens with two attached hydrogens (primary N) is 1. The highest BCUT2D eigenvalue weighted by molar-refractivity contribution is 7.88. The molecule has 0 saturated heterocycles. The minimum atomic E-state index is -3.51. The summed E-state index contributed by atoms with van der Waals surface area (Å²) in [4.78, 5) is 0. The number of hydrogen-bond acceptors (Lipinski definition) is 3. The van der Waals surface area contributed by atoms with Crippen LogP contribution in [-0.4, -0.2) is 8.42 Å². The first kappa shape index (κ1) is 16.1. The summed E-state index contributed by atoms with van der Waals surface area (Å²) in [5, 5.41) is 9.23. The second-order valence-corrected chi connectivity index (χ2v) is 6.97. The third-order valence-corrected chi connectivity index (χ3v) is 4.43. The molecule has 112 valence electrons. The van der Waals surface area contributed by atoms with E-state index in [1.165, 1.54) is 0 Å². The predicted molar refractivity (Wildman–Crippen MR) is 87.0 cm³/mol. The van der Waals surface area contributed by atoms with E-state index in [4.69, 9.17) is 28.3 Å². The lowest BCUT2D eigenvalue weighted by Crippen LogP contribution is -2.14. The standard InChI is InChI=1S/C14H14Cl2N2O2S/c15-13-3-1-2-11(14(13)16)8-18-12-6-4-10(5-7-12)9-21(17,19)20/h1-7,18H,8-9H2,(H2,17,19,20). The van der Waals surface area contributed by atoms with Crippen LogP contribution < -0.4 is 10.5 Å². The van der Waals surface area contributed by atoms with Gasteiger partial charge in [-0.25, -0.2) is 13.6 Å². The monoisotopic (exact) mass is 344 g/mol. The van der Waals surface area contributed by atoms with Crippen molar-refractivity contribution < 1.29 is 8.42 Å². The zero-order valence-electron chi connectivity index (χ0n) is 11.0. The number of halogens is 2. The number of anilines is 1. The van der Waals surface area contributed by atoms with Crippen LogP contribution in [0.25, 0.3) is 0 Å². The van der Waals surface area contributed by atoms with Crippen LogP contribution in [0.15, 0.2) is 42.5 Å². The van der Waals surface area contributed by atoms with Gasteiger partial charge in [0.2, 0.25) is 10.0 Å². The van der Waals surface area contributed by atoms with Crippen molar-refractivity contribution in [3.8, 4) is 0 Å². The molecule has 0 spiro atoms. The Hall–Kier alpha value is -1.27. The summed E-state index contributed by atoms with van der Waals surface area (Å²) >= 11 is 12.1. The van der Waals surface area contributed by atoms with Gasteiger partial charge in [-0.2, -0.15) is 0 Å². The van der Waals surface area contributed by atoms with Gasteiger partial charge in [0.1, 0.15) is 0 Å². The van der Waals surface area contributed by atoms with Gasteiger partial charge in [-0.1, -0.05) is 47.5 Å². The van der Waals surface area contributed by atoms with Crippen molar-refractivity contribution in [2.24, 2.45) is 5.14 Å². The smallest absolute Gasteiger partial charge is 0.213 e. The van der Waals surface area contributed by atoms with Crippen LogP contribution >= 0.6 is 23.2 Å². The molecule has 0 bridgehead atoms. The fourth-order valence-electron chi connectivity index (χ4n) is 1.83. The van der Waals surface area contributed by atoms with E-state index in [1.54, 1.807) is 30.3 Å². The second-order valence-electron chi connectivity index (χ2n) is 4.57. The van der Waals surface area contributed by atoms with E-state index < -0.39 is 10.0 Å². The average Bonchev–Trinajstić information content (AvgIpc) is 2.40. The Balaban J connectivity index is 2.02. The van der Waals surface area contributed by atoms with Gasteiger partial charge in [0, 0.05) is 12.2 Å². The molecule has 4 nitrogen and oxygen atoms in total. The molecule has 2 aromatic carbocycles. The molecule has 0 aromatic heterocycles. The van der Waals surface area contributed by atoms with E-state index in [1.807, 2.05) is 12.1 Å². The lowest BCUT2D eigenvalue weighted by molar-refractivity contribution is 0.597. The summed E-state index contributed by atoms with van der Waals surface area (Å²) in [6.07, 6.45) is 0. The van der Waals surface area contributed by atoms with Gasteiger partial charge in [-0.3, -0.25) is 0 Å². The summed E-state index contributed by atoms with van der Waals surface area (Å²) in [5.41, 5.74) is 2.38. The quantitative estimate of drug-likeness (QED) is 0.872. The largest absolute Gasteiger partial charge is 0.381 e. The third kappa shape index (κ3) is 4.89. The Labute approximate surface area is 133 Å². The highest BCUT2D eigenvalue weighted by Crippen LogP contribution is 2.26. The first-order valence-corrected chi connectivity index (χ1v) is 8.58. The third-order valence-electron chi connectivity index (χ3n) is 2.84. The average molecular weight is 345 g/mol. The molecule has 0 heterocycles. The van der Waals surface area contributed by atoms with Gasteiger partial charge in [0.25, 0.3) is 0 Å². The summed E-state index contributed by atoms with van der Waals surface area (Å²) in [6, 6.07) is 12.5. The van der Waals surface area contributed by atoms with Crippen molar-refractivity contribution in [2.45, 2.75) is 12.3 Å². The van der Waals surface area contributed by atoms with Crippen LogP contribution in [0.3, 0.4) is 0 Å². The molecule has 0 aliphatic rings. The maximum atomic E-state index is 11.0. The maximum absolute atomic E-state index is 11.0. The van der Waals surface area contributed by atoms with Crippen LogP contribution in [0, 0.1) is 0 Å². The lowest BCUT2D eigenvalue weighted by Gasteiger charge is -2.09. The van der Waals surface area contributed by atoms with Crippen LogP contribution in [0.1, 0.15) is 11.1 Å². The number of nitrogens with one attached hydrogen (secondary N) is 1. The molecule has 2 aromatic rings. The van der Waals surface area contributed by atoms with Crippen molar-refractivity contribution >= 4 is 38.9 Å². The van der Waals surface area contributed by atoms with E-state index in [2.05, 4.69) is 5.32 Å². The maximum Gasteiger partial charge on any atom is 0.213 e. The van der Waals surface area contributed by atoms with E-state index in [-0.39, 0.29) is 5.75 Å². The Morgan fingerprint density at radius 2 is 1.71 bits per heavy atom. The number of primary sulfonamides is 1. The van der Waals surface area contributed by atoms with Gasteiger partial charge in [-0.15, -0.1) is 0 Å². The Kier molecular flexibility index (Phi) is 5.11. The summed E-state index contributed by atoms with van der Waals surface area (Å²) in [6.45, 7) is 0.522. The van der Waals surface area contributed by atoms with Crippen LogP contribution in [-0.2, 0) is 22.3 Å². The molecule has 3 N–H and O–H groups in total. The van der Waals surface area contributed by atoms with Gasteiger partial charge < -0.3 is 5.32 Å². The SMILES string of the molecule is NS(=O)(=O)Cc1ccc(NCc2cccc(Cl)c2Cl)cc1. The minimum Gasteiger partial charge on any atom is -0.381 e. The van der Waals surface area contributed by atoms with Crippen molar-refractivity contribution in [3.05, 3.63) is 63.6 Å². The van der Waals surface area contributed by atoms with Crippen molar-refractivity contribution in [3.63, 3.8) is 0 Å². The zero-order chi connectivity index (χ0) is 15.5. The molecule has 7 heteroatoms. The molecule has 0 unspecified atom stereocenters. The van der Waals surface area contributed by atoms with E-state index in [0.29, 0.717) is 22.2 Å². The summed E-state index contributed by atoms with van der Waals surface area (Å²) in [7, 11) is -3.51. The normalized spacial score (nSPS) is 11.4. The van der Waals surface area contributed by atoms with E-state index >= 15 is 0 Å². The van der Waals surface area contributed by atoms with Crippen LogP contribution in [0.2, 0.25) is 10.0 Å². The highest BCUT2D eigenvalue weighted by atomic mass is 35.5. The molecular weight excluding hydrogens is 331 g/mol. The number of benzene rings is 2. The molecular formula is C14H14Cl2N2O2S. The molecule has 21 heavy (non-hydrogen) atoms. The molecule has 0 atom stereocenters. The molecule has 0 radical (unpaired) electrons. The molecule has 0 aliphatic heterocycles. The van der Waals surface area contributed by atoms with Crippen molar-refractivity contribution in [2.75, 3.05) is 5.32 Å². The van der Waals surface area contributed by atoms with Gasteiger partial charge in [0.15, 0.2) is 0 Å². The van der Waals surface area contributed by atoms with Crippen molar-refractivity contribution in [1.29, 1.82) is 0 Å². The van der Waals surface area contributed by atoms with Gasteiger partial charge in [-0.05, 0) is 29.3 Å². The molecule has 2 rings (SSSR count). The van der Waals surface area contributed by atoms with Gasteiger partial charge in [0.05, 0.1) is 15.8 Å². The number of sulfonamides is 1. The zero-order valence-corrected chi connectivity index (χ0v) is 13.3. The first-order chi connectivity index (χ1) is 9.85. The van der Waals surface area contributed by atoms with E-state index in [9.17, 15) is 8.42 Å². The van der Waals surface area contributed by atoms with Gasteiger partial charge >= 0.3 is 0 Å². The molecule has 0 fully saturated rings. The van der Waals surface area contributed by atoms with E-state index in [0.717, 1.165) is 11.3 Å². The van der Waals surface area contributed by atoms with Crippen LogP contribution in [0.4, 0.5) is 5.69 Å². The fourth-order valence-corrected chi connectivity index (χ4v) is 2.88. The Bertz CT molecular complexity index is 731. The Morgan fingerprint density at radius 1 is 1.05 bits per heavy atom. The Morgan fingerprint density at radius 3 is 2.33 bits per heavy atom.